The number of carbonyl (C=O) groups is 2. The highest BCUT2D eigenvalue weighted by molar-refractivity contribution is 5.80. The van der Waals surface area contributed by atoms with Crippen LogP contribution in [0.25, 0.3) is 0 Å². The zero-order valence-corrected chi connectivity index (χ0v) is 29.9. The third kappa shape index (κ3) is 31.1. The third-order valence-corrected chi connectivity index (χ3v) is 9.70. The molecule has 0 amide bonds. The molecule has 0 radical (unpaired) electrons. The molecule has 2 atom stereocenters. The van der Waals surface area contributed by atoms with Crippen molar-refractivity contribution in [3.8, 4) is 0 Å². The summed E-state index contributed by atoms with van der Waals surface area (Å²) < 4.78 is 0. The lowest BCUT2D eigenvalue weighted by Crippen LogP contribution is -2.18. The molecule has 0 aromatic carbocycles. The Labute approximate surface area is 275 Å². The smallest absolute Gasteiger partial charge is 0.332 e. The molecular weight excluding hydrogens is 544 g/mol. The molecule has 0 aliphatic carbocycles. The molecule has 0 bridgehead atoms. The molecule has 0 aromatic heterocycles. The third-order valence-electron chi connectivity index (χ3n) is 9.70. The molecule has 0 heterocycles. The van der Waals surface area contributed by atoms with Gasteiger partial charge in [-0.05, 0) is 25.7 Å². The monoisotopic (exact) mass is 623 g/mol. The zero-order chi connectivity index (χ0) is 32.4. The van der Waals surface area contributed by atoms with Crippen LogP contribution >= 0.6 is 0 Å². The van der Waals surface area contributed by atoms with Crippen molar-refractivity contribution in [2.75, 3.05) is 0 Å². The minimum atomic E-state index is -1.21. The average molecular weight is 623 g/mol. The molecule has 2 unspecified atom stereocenters. The second-order valence-electron chi connectivity index (χ2n) is 14.0. The van der Waals surface area contributed by atoms with Crippen LogP contribution in [0, 0.1) is 5.92 Å². The number of carboxylic acid groups (broad SMARTS) is 1. The van der Waals surface area contributed by atoms with E-state index < -0.39 is 12.1 Å². The van der Waals surface area contributed by atoms with Crippen LogP contribution in [0.2, 0.25) is 0 Å². The Kier molecular flexibility index (Phi) is 34.2. The molecule has 4 heteroatoms. The van der Waals surface area contributed by atoms with Gasteiger partial charge in [0, 0.05) is 12.3 Å². The normalized spacial score (nSPS) is 12.9. The molecular formula is C40H78O4. The Bertz CT molecular complexity index is 604. The first-order valence-corrected chi connectivity index (χ1v) is 20.0. The molecule has 0 saturated carbocycles. The Hall–Kier alpha value is -0.900. The number of rotatable bonds is 37. The molecule has 44 heavy (non-hydrogen) atoms. The van der Waals surface area contributed by atoms with E-state index in [0.29, 0.717) is 12.2 Å². The maximum atomic E-state index is 13.1. The number of carbonyl (C=O) groups excluding carboxylic acids is 1. The summed E-state index contributed by atoms with van der Waals surface area (Å²) in [6, 6.07) is 0. The van der Waals surface area contributed by atoms with Crippen molar-refractivity contribution in [1.29, 1.82) is 0 Å². The predicted octanol–water partition coefficient (Wildman–Crippen LogP) is 12.9. The topological polar surface area (TPSA) is 74.6 Å². The number of aliphatic hydroxyl groups excluding tert-OH is 1. The number of Topliss-reactive ketones (excluding diaryl/α,β-unsaturated/α-hetero) is 1. The number of hydrogen-bond donors (Lipinski definition) is 2. The van der Waals surface area contributed by atoms with Gasteiger partial charge in [0.05, 0.1) is 0 Å². The van der Waals surface area contributed by atoms with E-state index in [0.717, 1.165) is 57.8 Å². The molecule has 0 saturated heterocycles. The van der Waals surface area contributed by atoms with Gasteiger partial charge in [0.25, 0.3) is 0 Å². The lowest BCUT2D eigenvalue weighted by atomic mass is 9.88. The largest absolute Gasteiger partial charge is 0.479 e. The number of hydrogen-bond acceptors (Lipinski definition) is 3. The maximum absolute atomic E-state index is 13.1. The van der Waals surface area contributed by atoms with E-state index in [1.54, 1.807) is 0 Å². The van der Waals surface area contributed by atoms with E-state index in [1.165, 1.54) is 154 Å². The van der Waals surface area contributed by atoms with Gasteiger partial charge in [0.15, 0.2) is 6.10 Å². The first-order chi connectivity index (χ1) is 21.5. The van der Waals surface area contributed by atoms with Crippen LogP contribution in [0.5, 0.6) is 0 Å². The standard InChI is InChI=1S/C40H78O4/c1-3-5-7-9-10-11-12-13-14-15-16-17-18-19-20-21-24-27-31-35-38(41)37(33-29-8-6-4-2)34-30-26-23-22-25-28-32-36-39(42)40(43)44/h37,39,42H,3-36H2,1-2H3,(H,43,44). The van der Waals surface area contributed by atoms with Gasteiger partial charge in [0.1, 0.15) is 5.78 Å². The van der Waals surface area contributed by atoms with Crippen molar-refractivity contribution >= 4 is 11.8 Å². The fraction of sp³-hybridized carbons (Fsp3) is 0.950. The van der Waals surface area contributed by atoms with Gasteiger partial charge in [-0.3, -0.25) is 4.79 Å². The van der Waals surface area contributed by atoms with Crippen molar-refractivity contribution < 1.29 is 19.8 Å². The van der Waals surface area contributed by atoms with E-state index in [9.17, 15) is 14.7 Å². The van der Waals surface area contributed by atoms with Crippen molar-refractivity contribution in [1.82, 2.24) is 0 Å². The van der Waals surface area contributed by atoms with E-state index in [2.05, 4.69) is 13.8 Å². The molecule has 0 aliphatic heterocycles. The second-order valence-corrected chi connectivity index (χ2v) is 14.0. The number of aliphatic carboxylic acids is 1. The minimum Gasteiger partial charge on any atom is -0.479 e. The van der Waals surface area contributed by atoms with Crippen molar-refractivity contribution in [2.24, 2.45) is 5.92 Å². The Morgan fingerprint density at radius 3 is 1.02 bits per heavy atom. The molecule has 0 aliphatic rings. The van der Waals surface area contributed by atoms with Gasteiger partial charge in [-0.1, -0.05) is 200 Å². The number of aliphatic hydroxyl groups is 1. The number of ketones is 1. The summed E-state index contributed by atoms with van der Waals surface area (Å²) in [6.45, 7) is 4.54. The van der Waals surface area contributed by atoms with E-state index in [4.69, 9.17) is 5.11 Å². The van der Waals surface area contributed by atoms with Crippen LogP contribution < -0.4 is 0 Å². The molecule has 2 N–H and O–H groups in total. The SMILES string of the molecule is CCCCCCCCCCCCCCCCCCCCCC(=O)C(CCCCCC)CCCCCCCCCC(O)C(=O)O. The minimum absolute atomic E-state index is 0.278. The van der Waals surface area contributed by atoms with Crippen LogP contribution in [0.3, 0.4) is 0 Å². The molecule has 0 fully saturated rings. The summed E-state index contributed by atoms with van der Waals surface area (Å²) >= 11 is 0. The summed E-state index contributed by atoms with van der Waals surface area (Å²) in [5.41, 5.74) is 0. The predicted molar refractivity (Wildman–Crippen MR) is 190 cm³/mol. The maximum Gasteiger partial charge on any atom is 0.332 e. The van der Waals surface area contributed by atoms with E-state index >= 15 is 0 Å². The van der Waals surface area contributed by atoms with E-state index in [-0.39, 0.29) is 5.92 Å². The lowest BCUT2D eigenvalue weighted by Gasteiger charge is -2.16. The van der Waals surface area contributed by atoms with Gasteiger partial charge in [0.2, 0.25) is 0 Å². The lowest BCUT2D eigenvalue weighted by molar-refractivity contribution is -0.147. The van der Waals surface area contributed by atoms with Gasteiger partial charge in [-0.2, -0.15) is 0 Å². The molecule has 262 valence electrons. The molecule has 0 aromatic rings. The van der Waals surface area contributed by atoms with Crippen molar-refractivity contribution in [2.45, 2.75) is 238 Å². The van der Waals surface area contributed by atoms with Crippen molar-refractivity contribution in [3.63, 3.8) is 0 Å². The first-order valence-electron chi connectivity index (χ1n) is 20.0. The van der Waals surface area contributed by atoms with E-state index in [1.807, 2.05) is 0 Å². The van der Waals surface area contributed by atoms with Gasteiger partial charge in [-0.25, -0.2) is 4.79 Å². The van der Waals surface area contributed by atoms with Crippen LogP contribution in [-0.4, -0.2) is 28.1 Å². The van der Waals surface area contributed by atoms with Gasteiger partial charge >= 0.3 is 5.97 Å². The fourth-order valence-corrected chi connectivity index (χ4v) is 6.60. The quantitative estimate of drug-likeness (QED) is 0.0676. The summed E-state index contributed by atoms with van der Waals surface area (Å²) in [5.74, 6) is -0.301. The highest BCUT2D eigenvalue weighted by Gasteiger charge is 2.17. The Balaban J connectivity index is 3.75. The van der Waals surface area contributed by atoms with Crippen LogP contribution in [-0.2, 0) is 9.59 Å². The first kappa shape index (κ1) is 43.1. The molecule has 0 rings (SSSR count). The second kappa shape index (κ2) is 35.0. The summed E-state index contributed by atoms with van der Waals surface area (Å²) in [4.78, 5) is 23.7. The van der Waals surface area contributed by atoms with Crippen molar-refractivity contribution in [3.05, 3.63) is 0 Å². The van der Waals surface area contributed by atoms with Gasteiger partial charge < -0.3 is 10.2 Å². The average Bonchev–Trinajstić information content (AvgIpc) is 3.01. The van der Waals surface area contributed by atoms with Crippen LogP contribution in [0.1, 0.15) is 232 Å². The van der Waals surface area contributed by atoms with Crippen LogP contribution in [0.15, 0.2) is 0 Å². The molecule has 0 spiro atoms. The van der Waals surface area contributed by atoms with Crippen LogP contribution in [0.4, 0.5) is 0 Å². The summed E-state index contributed by atoms with van der Waals surface area (Å²) in [6.07, 6.45) is 40.9. The summed E-state index contributed by atoms with van der Waals surface area (Å²) in [5, 5.41) is 18.1. The highest BCUT2D eigenvalue weighted by atomic mass is 16.4. The molecule has 4 nitrogen and oxygen atoms in total. The fourth-order valence-electron chi connectivity index (χ4n) is 6.60. The number of unbranched alkanes of at least 4 members (excludes halogenated alkanes) is 27. The Morgan fingerprint density at radius 1 is 0.409 bits per heavy atom. The number of carboxylic acids is 1. The zero-order valence-electron chi connectivity index (χ0n) is 29.9. The highest BCUT2D eigenvalue weighted by Crippen LogP contribution is 2.23. The van der Waals surface area contributed by atoms with Gasteiger partial charge in [-0.15, -0.1) is 0 Å². The summed E-state index contributed by atoms with van der Waals surface area (Å²) in [7, 11) is 0. The Morgan fingerprint density at radius 2 is 0.682 bits per heavy atom.